The molecule has 120 valence electrons. The number of hydrogen-bond donors (Lipinski definition) is 2. The summed E-state index contributed by atoms with van der Waals surface area (Å²) in [6, 6.07) is 4.40. The summed E-state index contributed by atoms with van der Waals surface area (Å²) in [6.45, 7) is 2.10. The zero-order valence-corrected chi connectivity index (χ0v) is 13.0. The average molecular weight is 326 g/mol. The number of nitrogens with one attached hydrogen (secondary N) is 1. The van der Waals surface area contributed by atoms with Crippen molar-refractivity contribution in [1.82, 2.24) is 4.31 Å². The van der Waals surface area contributed by atoms with Crippen LogP contribution < -0.4 is 10.1 Å². The molecule has 0 radical (unpaired) electrons. The standard InChI is InChI=1S/C14H18N2O5S/c1-9-14(18)15-12-7-11(4-5-13(12)21-9)22(19,20)16-6-2-3-10(17)8-16/h4-5,7,9-10,17H,2-3,6,8H2,1H3,(H,15,18)/t9-,10-/m1/s1. The van der Waals surface area contributed by atoms with E-state index in [4.69, 9.17) is 4.74 Å². The van der Waals surface area contributed by atoms with Crippen LogP contribution in [-0.2, 0) is 14.8 Å². The number of benzene rings is 1. The number of carbonyl (C=O) groups is 1. The second kappa shape index (κ2) is 5.53. The predicted molar refractivity (Wildman–Crippen MR) is 79.2 cm³/mol. The number of carbonyl (C=O) groups excluding carboxylic acids is 1. The number of amides is 1. The van der Waals surface area contributed by atoms with Gasteiger partial charge in [0.2, 0.25) is 10.0 Å². The molecule has 7 nitrogen and oxygen atoms in total. The zero-order chi connectivity index (χ0) is 15.9. The van der Waals surface area contributed by atoms with Crippen molar-refractivity contribution in [3.05, 3.63) is 18.2 Å². The van der Waals surface area contributed by atoms with Crippen LogP contribution in [-0.4, -0.2) is 49.0 Å². The fraction of sp³-hybridized carbons (Fsp3) is 0.500. The summed E-state index contributed by atoms with van der Waals surface area (Å²) in [5, 5.41) is 12.3. The fourth-order valence-corrected chi connectivity index (χ4v) is 4.18. The van der Waals surface area contributed by atoms with Gasteiger partial charge in [-0.1, -0.05) is 0 Å². The van der Waals surface area contributed by atoms with Crippen molar-refractivity contribution in [1.29, 1.82) is 0 Å². The first-order valence-corrected chi connectivity index (χ1v) is 8.62. The molecule has 0 spiro atoms. The highest BCUT2D eigenvalue weighted by atomic mass is 32.2. The molecule has 22 heavy (non-hydrogen) atoms. The topological polar surface area (TPSA) is 95.9 Å². The molecule has 0 aromatic heterocycles. The van der Waals surface area contributed by atoms with Crippen LogP contribution in [0.1, 0.15) is 19.8 Å². The van der Waals surface area contributed by atoms with Gasteiger partial charge in [-0.25, -0.2) is 8.42 Å². The van der Waals surface area contributed by atoms with E-state index < -0.39 is 22.2 Å². The van der Waals surface area contributed by atoms with Gasteiger partial charge in [0.05, 0.1) is 16.7 Å². The van der Waals surface area contributed by atoms with Crippen LogP contribution in [0.15, 0.2) is 23.1 Å². The Morgan fingerprint density at radius 2 is 2.18 bits per heavy atom. The van der Waals surface area contributed by atoms with Crippen LogP contribution in [0.3, 0.4) is 0 Å². The van der Waals surface area contributed by atoms with Gasteiger partial charge in [-0.15, -0.1) is 0 Å². The molecule has 2 atom stereocenters. The monoisotopic (exact) mass is 326 g/mol. The third-order valence-electron chi connectivity index (χ3n) is 3.88. The first-order chi connectivity index (χ1) is 10.4. The van der Waals surface area contributed by atoms with E-state index in [-0.39, 0.29) is 17.3 Å². The normalized spacial score (nSPS) is 26.0. The van der Waals surface area contributed by atoms with Crippen molar-refractivity contribution in [3.8, 4) is 5.75 Å². The van der Waals surface area contributed by atoms with Gasteiger partial charge in [-0.2, -0.15) is 4.31 Å². The Morgan fingerprint density at radius 1 is 1.41 bits per heavy atom. The molecule has 2 N–H and O–H groups in total. The third kappa shape index (κ3) is 2.69. The van der Waals surface area contributed by atoms with Gasteiger partial charge in [-0.05, 0) is 38.0 Å². The summed E-state index contributed by atoms with van der Waals surface area (Å²) >= 11 is 0. The van der Waals surface area contributed by atoms with Gasteiger partial charge in [-0.3, -0.25) is 4.79 Å². The molecule has 0 aliphatic carbocycles. The summed E-state index contributed by atoms with van der Waals surface area (Å²) in [6.07, 6.45) is -0.00187. The predicted octanol–water partition coefficient (Wildman–Crippen LogP) is 0.551. The van der Waals surface area contributed by atoms with E-state index in [0.717, 1.165) is 0 Å². The number of nitrogens with zero attached hydrogens (tertiary/aromatic N) is 1. The summed E-state index contributed by atoms with van der Waals surface area (Å²) in [5.41, 5.74) is 0.349. The summed E-state index contributed by atoms with van der Waals surface area (Å²) in [4.78, 5) is 11.7. The van der Waals surface area contributed by atoms with E-state index >= 15 is 0 Å². The summed E-state index contributed by atoms with van der Waals surface area (Å²) in [5.74, 6) is 0.139. The molecule has 0 bridgehead atoms. The minimum atomic E-state index is -3.69. The lowest BCUT2D eigenvalue weighted by atomic mass is 10.1. The number of anilines is 1. The highest BCUT2D eigenvalue weighted by Gasteiger charge is 2.31. The second-order valence-corrected chi connectivity index (χ2v) is 7.50. The zero-order valence-electron chi connectivity index (χ0n) is 12.2. The first-order valence-electron chi connectivity index (χ1n) is 7.18. The molecule has 3 rings (SSSR count). The average Bonchev–Trinajstić information content (AvgIpc) is 2.48. The van der Waals surface area contributed by atoms with E-state index in [1.807, 2.05) is 0 Å². The van der Waals surface area contributed by atoms with Crippen LogP contribution >= 0.6 is 0 Å². The molecular weight excluding hydrogens is 308 g/mol. The molecule has 1 aromatic carbocycles. The maximum atomic E-state index is 12.6. The third-order valence-corrected chi connectivity index (χ3v) is 5.74. The Kier molecular flexibility index (Phi) is 3.84. The van der Waals surface area contributed by atoms with Gasteiger partial charge in [0.15, 0.2) is 6.10 Å². The van der Waals surface area contributed by atoms with E-state index in [0.29, 0.717) is 30.8 Å². The Hall–Kier alpha value is -1.64. The van der Waals surface area contributed by atoms with Crippen molar-refractivity contribution >= 4 is 21.6 Å². The quantitative estimate of drug-likeness (QED) is 0.827. The Labute approximate surface area is 128 Å². The van der Waals surface area contributed by atoms with Crippen LogP contribution in [0.4, 0.5) is 5.69 Å². The number of fused-ring (bicyclic) bond motifs is 1. The molecule has 1 aromatic rings. The lowest BCUT2D eigenvalue weighted by Gasteiger charge is -2.30. The lowest BCUT2D eigenvalue weighted by molar-refractivity contribution is -0.122. The van der Waals surface area contributed by atoms with Crippen molar-refractivity contribution in [2.24, 2.45) is 0 Å². The lowest BCUT2D eigenvalue weighted by Crippen LogP contribution is -2.42. The molecule has 0 unspecified atom stereocenters. The number of β-amino-alcohol motifs (C(OH)–C–C–N with tert-alkyl or cyclic N) is 1. The minimum Gasteiger partial charge on any atom is -0.479 e. The van der Waals surface area contributed by atoms with Gasteiger partial charge in [0.25, 0.3) is 5.91 Å². The second-order valence-electron chi connectivity index (χ2n) is 5.57. The molecule has 2 aliphatic heterocycles. The SMILES string of the molecule is C[C@H]1Oc2ccc(S(=O)(=O)N3CCC[C@@H](O)C3)cc2NC1=O. The number of piperidine rings is 1. The van der Waals surface area contributed by atoms with Crippen molar-refractivity contribution < 1.29 is 23.1 Å². The molecule has 1 fully saturated rings. The van der Waals surface area contributed by atoms with Crippen molar-refractivity contribution in [2.75, 3.05) is 18.4 Å². The first kappa shape index (κ1) is 15.3. The van der Waals surface area contributed by atoms with Crippen LogP contribution in [0.25, 0.3) is 0 Å². The van der Waals surface area contributed by atoms with Gasteiger partial charge < -0.3 is 15.2 Å². The number of hydrogen-bond acceptors (Lipinski definition) is 5. The number of sulfonamides is 1. The van der Waals surface area contributed by atoms with E-state index in [1.54, 1.807) is 13.0 Å². The molecular formula is C14H18N2O5S. The number of rotatable bonds is 2. The van der Waals surface area contributed by atoms with E-state index in [1.165, 1.54) is 16.4 Å². The Morgan fingerprint density at radius 3 is 2.91 bits per heavy atom. The largest absolute Gasteiger partial charge is 0.479 e. The molecule has 0 saturated carbocycles. The highest BCUT2D eigenvalue weighted by molar-refractivity contribution is 7.89. The maximum absolute atomic E-state index is 12.6. The van der Waals surface area contributed by atoms with Gasteiger partial charge in [0.1, 0.15) is 5.75 Å². The number of aliphatic hydroxyl groups is 1. The smallest absolute Gasteiger partial charge is 0.265 e. The Balaban J connectivity index is 1.92. The number of ether oxygens (including phenoxy) is 1. The molecule has 2 heterocycles. The molecule has 1 saturated heterocycles. The van der Waals surface area contributed by atoms with Crippen LogP contribution in [0.5, 0.6) is 5.75 Å². The van der Waals surface area contributed by atoms with E-state index in [2.05, 4.69) is 5.32 Å². The summed E-state index contributed by atoms with van der Waals surface area (Å²) in [7, 11) is -3.69. The molecule has 8 heteroatoms. The highest BCUT2D eigenvalue weighted by Crippen LogP contribution is 2.33. The summed E-state index contributed by atoms with van der Waals surface area (Å²) < 4.78 is 31.9. The maximum Gasteiger partial charge on any atom is 0.265 e. The van der Waals surface area contributed by atoms with Crippen molar-refractivity contribution in [3.63, 3.8) is 0 Å². The van der Waals surface area contributed by atoms with Crippen LogP contribution in [0.2, 0.25) is 0 Å². The Bertz CT molecular complexity index is 703. The van der Waals surface area contributed by atoms with E-state index in [9.17, 15) is 18.3 Å². The van der Waals surface area contributed by atoms with Crippen molar-refractivity contribution in [2.45, 2.75) is 36.9 Å². The van der Waals surface area contributed by atoms with Crippen LogP contribution in [0, 0.1) is 0 Å². The molecule has 2 aliphatic rings. The minimum absolute atomic E-state index is 0.0822. The fourth-order valence-electron chi connectivity index (χ4n) is 2.64. The van der Waals surface area contributed by atoms with Gasteiger partial charge >= 0.3 is 0 Å². The number of aliphatic hydroxyl groups excluding tert-OH is 1. The van der Waals surface area contributed by atoms with Gasteiger partial charge in [0, 0.05) is 13.1 Å². The molecule has 1 amide bonds.